The zero-order valence-corrected chi connectivity index (χ0v) is 15.9. The highest BCUT2D eigenvalue weighted by molar-refractivity contribution is 6.31. The normalized spacial score (nSPS) is 11.0. The number of fused-ring (bicyclic) bond motifs is 1. The number of halogens is 3. The summed E-state index contributed by atoms with van der Waals surface area (Å²) in [5.74, 6) is -2.65. The van der Waals surface area contributed by atoms with E-state index in [1.807, 2.05) is 30.3 Å². The molecule has 0 radical (unpaired) electrons. The molecule has 7 heteroatoms. The molecule has 0 saturated carbocycles. The summed E-state index contributed by atoms with van der Waals surface area (Å²) < 4.78 is 33.6. The highest BCUT2D eigenvalue weighted by Gasteiger charge is 2.23. The molecule has 4 aromatic rings. The van der Waals surface area contributed by atoms with Crippen molar-refractivity contribution < 1.29 is 18.0 Å². The maximum Gasteiger partial charge on any atom is 0.257 e. The molecule has 0 fully saturated rings. The van der Waals surface area contributed by atoms with Crippen LogP contribution >= 0.6 is 11.6 Å². The van der Waals surface area contributed by atoms with Gasteiger partial charge in [-0.1, -0.05) is 48.0 Å². The minimum absolute atomic E-state index is 0.0179. The lowest BCUT2D eigenvalue weighted by Crippen LogP contribution is -2.31. The molecule has 0 bridgehead atoms. The van der Waals surface area contributed by atoms with Crippen molar-refractivity contribution in [2.75, 3.05) is 0 Å². The van der Waals surface area contributed by atoms with Gasteiger partial charge in [-0.25, -0.2) is 13.8 Å². The van der Waals surface area contributed by atoms with E-state index in [0.717, 1.165) is 11.6 Å². The number of benzene rings is 3. The Hall–Kier alpha value is -3.25. The topological polar surface area (TPSA) is 46.3 Å². The number of carbonyl (C=O) groups is 1. The van der Waals surface area contributed by atoms with E-state index in [-0.39, 0.29) is 24.5 Å². The van der Waals surface area contributed by atoms with E-state index in [1.54, 1.807) is 18.2 Å². The van der Waals surface area contributed by atoms with Crippen LogP contribution in [0, 0.1) is 11.6 Å². The Bertz CT molecular complexity index is 1180. The van der Waals surface area contributed by atoms with Crippen molar-refractivity contribution in [3.05, 3.63) is 100 Å². The second kappa shape index (κ2) is 8.01. The van der Waals surface area contributed by atoms with Gasteiger partial charge >= 0.3 is 0 Å². The summed E-state index contributed by atoms with van der Waals surface area (Å²) in [6, 6.07) is 17.7. The molecular formula is C22H15ClF2N2O2. The Balaban J connectivity index is 1.69. The molecule has 29 heavy (non-hydrogen) atoms. The second-order valence-electron chi connectivity index (χ2n) is 6.47. The fourth-order valence-corrected chi connectivity index (χ4v) is 3.19. The standard InChI is InChI=1S/C22H15ClF2N2O2/c23-15-9-10-19-18(11-15)26-20(29-19)13-27(12-14-5-2-1-3-6-14)22(28)16-7-4-8-17(24)21(16)25/h1-11H,12-13H2. The van der Waals surface area contributed by atoms with Crippen molar-refractivity contribution in [1.82, 2.24) is 9.88 Å². The minimum Gasteiger partial charge on any atom is -0.439 e. The second-order valence-corrected chi connectivity index (χ2v) is 6.90. The number of hydrogen-bond donors (Lipinski definition) is 0. The van der Waals surface area contributed by atoms with Crippen LogP contribution in [-0.2, 0) is 13.1 Å². The Morgan fingerprint density at radius 3 is 2.59 bits per heavy atom. The summed E-state index contributed by atoms with van der Waals surface area (Å²) in [6.45, 7) is 0.158. The molecule has 0 spiro atoms. The van der Waals surface area contributed by atoms with Gasteiger partial charge in [0.1, 0.15) is 5.52 Å². The van der Waals surface area contributed by atoms with Crippen LogP contribution in [0.2, 0.25) is 5.02 Å². The molecule has 1 amide bonds. The molecule has 4 nitrogen and oxygen atoms in total. The van der Waals surface area contributed by atoms with Gasteiger partial charge in [-0.3, -0.25) is 4.79 Å². The summed E-state index contributed by atoms with van der Waals surface area (Å²) in [5, 5.41) is 0.511. The first kappa shape index (κ1) is 19.1. The third-order valence-corrected chi connectivity index (χ3v) is 4.64. The number of amides is 1. The van der Waals surface area contributed by atoms with Gasteiger partial charge in [0.2, 0.25) is 5.89 Å². The van der Waals surface area contributed by atoms with E-state index in [9.17, 15) is 13.6 Å². The number of rotatable bonds is 5. The summed E-state index contributed by atoms with van der Waals surface area (Å²) in [7, 11) is 0. The Labute approximate surface area is 170 Å². The molecule has 0 aliphatic carbocycles. The zero-order chi connectivity index (χ0) is 20.4. The van der Waals surface area contributed by atoms with Gasteiger partial charge in [-0.2, -0.15) is 0 Å². The van der Waals surface area contributed by atoms with Gasteiger partial charge in [0.25, 0.3) is 5.91 Å². The zero-order valence-electron chi connectivity index (χ0n) is 15.1. The molecule has 0 atom stereocenters. The smallest absolute Gasteiger partial charge is 0.257 e. The fourth-order valence-electron chi connectivity index (χ4n) is 3.02. The van der Waals surface area contributed by atoms with Crippen molar-refractivity contribution in [2.45, 2.75) is 13.1 Å². The summed E-state index contributed by atoms with van der Waals surface area (Å²) in [5.41, 5.74) is 1.56. The predicted molar refractivity (Wildman–Crippen MR) is 105 cm³/mol. The lowest BCUT2D eigenvalue weighted by Gasteiger charge is -2.22. The van der Waals surface area contributed by atoms with E-state index in [4.69, 9.17) is 16.0 Å². The third-order valence-electron chi connectivity index (χ3n) is 4.41. The van der Waals surface area contributed by atoms with E-state index in [2.05, 4.69) is 4.98 Å². The lowest BCUT2D eigenvalue weighted by atomic mass is 10.1. The van der Waals surface area contributed by atoms with Crippen LogP contribution in [0.15, 0.2) is 71.1 Å². The quantitative estimate of drug-likeness (QED) is 0.428. The fraction of sp³-hybridized carbons (Fsp3) is 0.0909. The Kier molecular flexibility index (Phi) is 5.27. The first-order chi connectivity index (χ1) is 14.0. The van der Waals surface area contributed by atoms with Gasteiger partial charge < -0.3 is 9.32 Å². The summed E-state index contributed by atoms with van der Waals surface area (Å²) in [6.07, 6.45) is 0. The van der Waals surface area contributed by atoms with Crippen LogP contribution in [0.4, 0.5) is 8.78 Å². The minimum atomic E-state index is -1.18. The van der Waals surface area contributed by atoms with Crippen LogP contribution in [0.25, 0.3) is 11.1 Å². The van der Waals surface area contributed by atoms with E-state index in [0.29, 0.717) is 16.1 Å². The van der Waals surface area contributed by atoms with Crippen molar-refractivity contribution in [3.8, 4) is 0 Å². The number of oxazole rings is 1. The molecule has 3 aromatic carbocycles. The monoisotopic (exact) mass is 412 g/mol. The van der Waals surface area contributed by atoms with Gasteiger partial charge in [0, 0.05) is 11.6 Å². The highest BCUT2D eigenvalue weighted by Crippen LogP contribution is 2.23. The first-order valence-electron chi connectivity index (χ1n) is 8.83. The molecule has 0 N–H and O–H groups in total. The van der Waals surface area contributed by atoms with Gasteiger partial charge in [-0.15, -0.1) is 0 Å². The molecule has 146 valence electrons. The average molecular weight is 413 g/mol. The molecule has 0 aliphatic heterocycles. The molecule has 4 rings (SSSR count). The number of hydrogen-bond acceptors (Lipinski definition) is 3. The SMILES string of the molecule is O=C(c1cccc(F)c1F)N(Cc1ccccc1)Cc1nc2cc(Cl)ccc2o1. The van der Waals surface area contributed by atoms with Crippen LogP contribution < -0.4 is 0 Å². The Morgan fingerprint density at radius 1 is 1.00 bits per heavy atom. The molecule has 1 heterocycles. The van der Waals surface area contributed by atoms with Crippen LogP contribution in [-0.4, -0.2) is 15.8 Å². The maximum atomic E-state index is 14.2. The van der Waals surface area contributed by atoms with Crippen molar-refractivity contribution in [2.24, 2.45) is 0 Å². The molecule has 0 unspecified atom stereocenters. The predicted octanol–water partition coefficient (Wildman–Crippen LogP) is 5.60. The van der Waals surface area contributed by atoms with Gasteiger partial charge in [0.15, 0.2) is 17.2 Å². The number of carbonyl (C=O) groups excluding carboxylic acids is 1. The van der Waals surface area contributed by atoms with Crippen LogP contribution in [0.1, 0.15) is 21.8 Å². The van der Waals surface area contributed by atoms with Crippen LogP contribution in [0.3, 0.4) is 0 Å². The maximum absolute atomic E-state index is 14.2. The third kappa shape index (κ3) is 4.12. The molecular weight excluding hydrogens is 398 g/mol. The largest absolute Gasteiger partial charge is 0.439 e. The van der Waals surface area contributed by atoms with Crippen molar-refractivity contribution in [3.63, 3.8) is 0 Å². The van der Waals surface area contributed by atoms with E-state index >= 15 is 0 Å². The average Bonchev–Trinajstić information content (AvgIpc) is 3.11. The van der Waals surface area contributed by atoms with Gasteiger partial charge in [-0.05, 0) is 35.9 Å². The lowest BCUT2D eigenvalue weighted by molar-refractivity contribution is 0.0709. The van der Waals surface area contributed by atoms with Gasteiger partial charge in [0.05, 0.1) is 12.1 Å². The summed E-state index contributed by atoms with van der Waals surface area (Å²) >= 11 is 5.98. The van der Waals surface area contributed by atoms with Crippen LogP contribution in [0.5, 0.6) is 0 Å². The first-order valence-corrected chi connectivity index (χ1v) is 9.21. The summed E-state index contributed by atoms with van der Waals surface area (Å²) in [4.78, 5) is 18.7. The van der Waals surface area contributed by atoms with E-state index in [1.165, 1.54) is 17.0 Å². The highest BCUT2D eigenvalue weighted by atomic mass is 35.5. The number of aromatic nitrogens is 1. The van der Waals surface area contributed by atoms with E-state index < -0.39 is 17.5 Å². The van der Waals surface area contributed by atoms with Crippen molar-refractivity contribution >= 4 is 28.6 Å². The molecule has 0 saturated heterocycles. The molecule has 0 aliphatic rings. The Morgan fingerprint density at radius 2 is 1.79 bits per heavy atom. The van der Waals surface area contributed by atoms with Crippen molar-refractivity contribution in [1.29, 1.82) is 0 Å². The molecule has 1 aromatic heterocycles. The number of nitrogens with zero attached hydrogens (tertiary/aromatic N) is 2.